The summed E-state index contributed by atoms with van der Waals surface area (Å²) >= 11 is 11.7. The van der Waals surface area contributed by atoms with Gasteiger partial charge in [-0.2, -0.15) is 0 Å². The standard InChI is InChI=1S/C21H26Cl2N2O3/c1-3-24-20(25(14-15-27-4-2)21(26)19(22)23)16-10-12-18(13-11-16)28-17-8-6-5-7-9-17/h5-13,19-20,24H,3-4,14-15H2,1-2H3. The maximum absolute atomic E-state index is 12.6. The van der Waals surface area contributed by atoms with Gasteiger partial charge in [-0.05, 0) is 43.3 Å². The molecule has 28 heavy (non-hydrogen) atoms. The summed E-state index contributed by atoms with van der Waals surface area (Å²) in [6, 6.07) is 17.1. The lowest BCUT2D eigenvalue weighted by Crippen LogP contribution is -2.46. The van der Waals surface area contributed by atoms with Gasteiger partial charge in [-0.25, -0.2) is 0 Å². The zero-order valence-corrected chi connectivity index (χ0v) is 17.6. The number of carbonyl (C=O) groups is 1. The molecule has 0 saturated heterocycles. The molecule has 2 aromatic rings. The van der Waals surface area contributed by atoms with Crippen LogP contribution in [0, 0.1) is 0 Å². The number of benzene rings is 2. The maximum Gasteiger partial charge on any atom is 0.257 e. The van der Waals surface area contributed by atoms with E-state index in [9.17, 15) is 4.79 Å². The van der Waals surface area contributed by atoms with Crippen molar-refractivity contribution in [2.24, 2.45) is 0 Å². The van der Waals surface area contributed by atoms with Crippen LogP contribution < -0.4 is 10.1 Å². The summed E-state index contributed by atoms with van der Waals surface area (Å²) in [5.41, 5.74) is 0.904. The third-order valence-corrected chi connectivity index (χ3v) is 4.41. The first kappa shape index (κ1) is 22.5. The Morgan fingerprint density at radius 2 is 1.68 bits per heavy atom. The van der Waals surface area contributed by atoms with Gasteiger partial charge in [-0.3, -0.25) is 10.1 Å². The first-order valence-electron chi connectivity index (χ1n) is 9.29. The quantitative estimate of drug-likeness (QED) is 0.321. The lowest BCUT2D eigenvalue weighted by molar-refractivity contribution is -0.133. The Balaban J connectivity index is 2.20. The van der Waals surface area contributed by atoms with Crippen LogP contribution in [-0.4, -0.2) is 41.9 Å². The van der Waals surface area contributed by atoms with Crippen LogP contribution in [0.15, 0.2) is 54.6 Å². The number of ether oxygens (including phenoxy) is 2. The third-order valence-electron chi connectivity index (χ3n) is 4.03. The number of hydrogen-bond acceptors (Lipinski definition) is 4. The van der Waals surface area contributed by atoms with Crippen LogP contribution in [0.25, 0.3) is 0 Å². The predicted octanol–water partition coefficient (Wildman–Crippen LogP) is 4.76. The van der Waals surface area contributed by atoms with Gasteiger partial charge in [0.25, 0.3) is 5.91 Å². The highest BCUT2D eigenvalue weighted by molar-refractivity contribution is 6.53. The lowest BCUT2D eigenvalue weighted by Gasteiger charge is -2.33. The van der Waals surface area contributed by atoms with Crippen molar-refractivity contribution in [3.63, 3.8) is 0 Å². The minimum Gasteiger partial charge on any atom is -0.457 e. The minimum atomic E-state index is -1.14. The highest BCUT2D eigenvalue weighted by Gasteiger charge is 2.28. The summed E-state index contributed by atoms with van der Waals surface area (Å²) in [4.78, 5) is 13.0. The molecule has 1 atom stereocenters. The van der Waals surface area contributed by atoms with E-state index in [1.54, 1.807) is 4.90 Å². The van der Waals surface area contributed by atoms with Gasteiger partial charge in [-0.1, -0.05) is 60.5 Å². The zero-order chi connectivity index (χ0) is 20.4. The van der Waals surface area contributed by atoms with Gasteiger partial charge in [0.15, 0.2) is 4.84 Å². The van der Waals surface area contributed by atoms with Crippen molar-refractivity contribution in [2.45, 2.75) is 24.8 Å². The number of amides is 1. The summed E-state index contributed by atoms with van der Waals surface area (Å²) in [5.74, 6) is 1.11. The second-order valence-electron chi connectivity index (χ2n) is 5.97. The van der Waals surface area contributed by atoms with Crippen molar-refractivity contribution >= 4 is 29.1 Å². The van der Waals surface area contributed by atoms with E-state index in [-0.39, 0.29) is 12.1 Å². The van der Waals surface area contributed by atoms with Gasteiger partial charge in [0.05, 0.1) is 6.61 Å². The van der Waals surface area contributed by atoms with Crippen LogP contribution in [-0.2, 0) is 9.53 Å². The Labute approximate surface area is 176 Å². The number of para-hydroxylation sites is 1. The molecule has 0 aromatic heterocycles. The molecular formula is C21H26Cl2N2O3. The fourth-order valence-corrected chi connectivity index (χ4v) is 2.99. The largest absolute Gasteiger partial charge is 0.457 e. The van der Waals surface area contributed by atoms with E-state index in [0.717, 1.165) is 11.3 Å². The first-order chi connectivity index (χ1) is 13.6. The number of hydrogen-bond donors (Lipinski definition) is 1. The van der Waals surface area contributed by atoms with Crippen molar-refractivity contribution < 1.29 is 14.3 Å². The maximum atomic E-state index is 12.6. The van der Waals surface area contributed by atoms with E-state index in [4.69, 9.17) is 32.7 Å². The van der Waals surface area contributed by atoms with Crippen LogP contribution in [0.4, 0.5) is 0 Å². The fourth-order valence-electron chi connectivity index (χ4n) is 2.74. The van der Waals surface area contributed by atoms with Crippen molar-refractivity contribution in [2.75, 3.05) is 26.3 Å². The van der Waals surface area contributed by atoms with Gasteiger partial charge < -0.3 is 14.4 Å². The third kappa shape index (κ3) is 6.67. The Morgan fingerprint density at radius 3 is 2.25 bits per heavy atom. The van der Waals surface area contributed by atoms with E-state index in [2.05, 4.69) is 5.32 Å². The number of carbonyl (C=O) groups excluding carboxylic acids is 1. The van der Waals surface area contributed by atoms with Gasteiger partial charge in [0, 0.05) is 13.2 Å². The van der Waals surface area contributed by atoms with E-state index >= 15 is 0 Å². The van der Waals surface area contributed by atoms with Crippen molar-refractivity contribution in [3.05, 3.63) is 60.2 Å². The van der Waals surface area contributed by atoms with E-state index < -0.39 is 4.84 Å². The van der Waals surface area contributed by atoms with Crippen LogP contribution in [0.3, 0.4) is 0 Å². The topological polar surface area (TPSA) is 50.8 Å². The van der Waals surface area contributed by atoms with Crippen LogP contribution >= 0.6 is 23.2 Å². The van der Waals surface area contributed by atoms with Gasteiger partial charge in [-0.15, -0.1) is 0 Å². The predicted molar refractivity (Wildman–Crippen MR) is 113 cm³/mol. The summed E-state index contributed by atoms with van der Waals surface area (Å²) in [5, 5.41) is 3.32. The monoisotopic (exact) mass is 424 g/mol. The van der Waals surface area contributed by atoms with Crippen molar-refractivity contribution in [1.29, 1.82) is 0 Å². The summed E-state index contributed by atoms with van der Waals surface area (Å²) in [6.45, 7) is 5.91. The van der Waals surface area contributed by atoms with E-state index in [1.807, 2.05) is 68.4 Å². The summed E-state index contributed by atoms with van der Waals surface area (Å²) in [7, 11) is 0. The zero-order valence-electron chi connectivity index (χ0n) is 16.1. The molecule has 7 heteroatoms. The molecule has 0 aliphatic carbocycles. The van der Waals surface area contributed by atoms with Crippen LogP contribution in [0.1, 0.15) is 25.6 Å². The molecule has 0 aliphatic heterocycles. The smallest absolute Gasteiger partial charge is 0.257 e. The van der Waals surface area contributed by atoms with Crippen LogP contribution in [0.2, 0.25) is 0 Å². The second-order valence-corrected chi connectivity index (χ2v) is 7.07. The molecule has 2 aromatic carbocycles. The molecule has 0 heterocycles. The van der Waals surface area contributed by atoms with E-state index in [1.165, 1.54) is 0 Å². The van der Waals surface area contributed by atoms with Gasteiger partial charge in [0.2, 0.25) is 0 Å². The molecule has 1 N–H and O–H groups in total. The number of nitrogens with zero attached hydrogens (tertiary/aromatic N) is 1. The lowest BCUT2D eigenvalue weighted by atomic mass is 10.1. The van der Waals surface area contributed by atoms with Crippen molar-refractivity contribution in [1.82, 2.24) is 10.2 Å². The molecule has 5 nitrogen and oxygen atoms in total. The number of nitrogens with one attached hydrogen (secondary N) is 1. The average Bonchev–Trinajstić information content (AvgIpc) is 2.71. The minimum absolute atomic E-state index is 0.362. The molecule has 0 spiro atoms. The number of halogens is 2. The SMILES string of the molecule is CCNC(c1ccc(Oc2ccccc2)cc1)N(CCOCC)C(=O)C(Cl)Cl. The second kappa shape index (κ2) is 11.9. The molecule has 0 saturated carbocycles. The molecule has 0 bridgehead atoms. The van der Waals surface area contributed by atoms with Crippen molar-refractivity contribution in [3.8, 4) is 11.5 Å². The Bertz CT molecular complexity index is 711. The molecular weight excluding hydrogens is 399 g/mol. The highest BCUT2D eigenvalue weighted by Crippen LogP contribution is 2.26. The molecule has 0 fully saturated rings. The van der Waals surface area contributed by atoms with Gasteiger partial charge >= 0.3 is 0 Å². The molecule has 0 aliphatic rings. The summed E-state index contributed by atoms with van der Waals surface area (Å²) < 4.78 is 11.3. The molecule has 1 amide bonds. The van der Waals surface area contributed by atoms with Gasteiger partial charge in [0.1, 0.15) is 17.7 Å². The number of alkyl halides is 2. The van der Waals surface area contributed by atoms with Crippen LogP contribution in [0.5, 0.6) is 11.5 Å². The fraction of sp³-hybridized carbons (Fsp3) is 0.381. The Kier molecular flexibility index (Phi) is 9.58. The first-order valence-corrected chi connectivity index (χ1v) is 10.2. The normalized spacial score (nSPS) is 12.0. The molecule has 2 rings (SSSR count). The molecule has 152 valence electrons. The highest BCUT2D eigenvalue weighted by atomic mass is 35.5. The van der Waals surface area contributed by atoms with E-state index in [0.29, 0.717) is 32.1 Å². The Hall–Kier alpha value is -1.79. The Morgan fingerprint density at radius 1 is 1.04 bits per heavy atom. The molecule has 0 radical (unpaired) electrons. The number of rotatable bonds is 11. The summed E-state index contributed by atoms with van der Waals surface area (Å²) in [6.07, 6.45) is -0.372. The average molecular weight is 425 g/mol. The molecule has 1 unspecified atom stereocenters.